The predicted molar refractivity (Wildman–Crippen MR) is 91.8 cm³/mol. The summed E-state index contributed by atoms with van der Waals surface area (Å²) in [7, 11) is 0. The average Bonchev–Trinajstić information content (AvgIpc) is 2.53. The summed E-state index contributed by atoms with van der Waals surface area (Å²) in [5, 5.41) is 0.399. The zero-order valence-corrected chi connectivity index (χ0v) is 14.3. The summed E-state index contributed by atoms with van der Waals surface area (Å²) in [5.41, 5.74) is 6.14. The molecular formula is C19H22ClNO3. The second-order valence-corrected chi connectivity index (χ2v) is 8.34. The van der Waals surface area contributed by atoms with E-state index in [0.29, 0.717) is 34.0 Å². The number of rotatable bonds is 4. The van der Waals surface area contributed by atoms with E-state index in [2.05, 4.69) is 0 Å². The van der Waals surface area contributed by atoms with Crippen molar-refractivity contribution >= 4 is 29.0 Å². The quantitative estimate of drug-likeness (QED) is 0.663. The van der Waals surface area contributed by atoms with Crippen LogP contribution in [0.4, 0.5) is 5.69 Å². The standard InChI is InChI=1S/C19H22ClNO3/c20-15-2-1-14(6-16(15)21)18(23)24-10-17(22)19-7-11-3-12(8-19)5-13(4-11)9-19/h1-2,6,11-13H,3-5,7-10,21H2. The Labute approximate surface area is 146 Å². The Kier molecular flexibility index (Phi) is 3.83. The molecule has 0 radical (unpaired) electrons. The van der Waals surface area contributed by atoms with E-state index in [0.717, 1.165) is 19.3 Å². The van der Waals surface area contributed by atoms with Crippen LogP contribution >= 0.6 is 11.6 Å². The number of ether oxygens (including phenoxy) is 1. The lowest BCUT2D eigenvalue weighted by Gasteiger charge is -2.55. The van der Waals surface area contributed by atoms with Crippen LogP contribution in [0, 0.1) is 23.2 Å². The number of carbonyl (C=O) groups is 2. The number of halogens is 1. The fourth-order valence-corrected chi connectivity index (χ4v) is 5.61. The highest BCUT2D eigenvalue weighted by Crippen LogP contribution is 2.60. The first-order valence-electron chi connectivity index (χ1n) is 8.71. The molecule has 0 aromatic heterocycles. The first-order valence-corrected chi connectivity index (χ1v) is 9.08. The van der Waals surface area contributed by atoms with E-state index in [9.17, 15) is 9.59 Å². The predicted octanol–water partition coefficient (Wildman–Crippen LogP) is 3.86. The molecule has 5 rings (SSSR count). The molecular weight excluding hydrogens is 326 g/mol. The molecule has 1 aromatic rings. The monoisotopic (exact) mass is 347 g/mol. The van der Waals surface area contributed by atoms with Gasteiger partial charge in [-0.25, -0.2) is 4.79 Å². The summed E-state index contributed by atoms with van der Waals surface area (Å²) in [6, 6.07) is 4.62. The Morgan fingerprint density at radius 3 is 2.25 bits per heavy atom. The van der Waals surface area contributed by atoms with Gasteiger partial charge in [-0.15, -0.1) is 0 Å². The lowest BCUT2D eigenvalue weighted by molar-refractivity contribution is -0.147. The minimum absolute atomic E-state index is 0.108. The molecule has 4 aliphatic rings. The van der Waals surface area contributed by atoms with E-state index in [1.807, 2.05) is 0 Å². The summed E-state index contributed by atoms with van der Waals surface area (Å²) in [5.74, 6) is 1.69. The fourth-order valence-electron chi connectivity index (χ4n) is 5.49. The second-order valence-electron chi connectivity index (χ2n) is 7.93. The van der Waals surface area contributed by atoms with Gasteiger partial charge in [-0.2, -0.15) is 0 Å². The van der Waals surface area contributed by atoms with Crippen LogP contribution in [-0.4, -0.2) is 18.4 Å². The third-order valence-electron chi connectivity index (χ3n) is 6.20. The number of hydrogen-bond donors (Lipinski definition) is 1. The number of carbonyl (C=O) groups excluding carboxylic acids is 2. The van der Waals surface area contributed by atoms with Crippen LogP contribution in [0.15, 0.2) is 18.2 Å². The van der Waals surface area contributed by atoms with Gasteiger partial charge >= 0.3 is 5.97 Å². The fraction of sp³-hybridized carbons (Fsp3) is 0.579. The van der Waals surface area contributed by atoms with Crippen molar-refractivity contribution in [1.29, 1.82) is 0 Å². The van der Waals surface area contributed by atoms with Crippen molar-refractivity contribution in [2.45, 2.75) is 38.5 Å². The summed E-state index contributed by atoms with van der Waals surface area (Å²) < 4.78 is 5.29. The van der Waals surface area contributed by atoms with Crippen molar-refractivity contribution in [2.24, 2.45) is 23.2 Å². The van der Waals surface area contributed by atoms with E-state index in [1.165, 1.54) is 25.3 Å². The maximum atomic E-state index is 12.8. The van der Waals surface area contributed by atoms with Gasteiger partial charge in [0.25, 0.3) is 0 Å². The van der Waals surface area contributed by atoms with Crippen molar-refractivity contribution in [3.05, 3.63) is 28.8 Å². The Balaban J connectivity index is 1.41. The largest absolute Gasteiger partial charge is 0.454 e. The topological polar surface area (TPSA) is 69.4 Å². The van der Waals surface area contributed by atoms with E-state index in [4.69, 9.17) is 22.1 Å². The molecule has 4 saturated carbocycles. The lowest BCUT2D eigenvalue weighted by atomic mass is 9.48. The highest BCUT2D eigenvalue weighted by Gasteiger charge is 2.54. The van der Waals surface area contributed by atoms with Crippen molar-refractivity contribution in [3.63, 3.8) is 0 Å². The van der Waals surface area contributed by atoms with Crippen LogP contribution in [0.2, 0.25) is 5.02 Å². The number of Topliss-reactive ketones (excluding diaryl/α,β-unsaturated/α-hetero) is 1. The Hall–Kier alpha value is -1.55. The smallest absolute Gasteiger partial charge is 0.338 e. The van der Waals surface area contributed by atoms with Gasteiger partial charge in [0.05, 0.1) is 16.3 Å². The van der Waals surface area contributed by atoms with Gasteiger partial charge in [0, 0.05) is 5.41 Å². The highest BCUT2D eigenvalue weighted by atomic mass is 35.5. The molecule has 4 nitrogen and oxygen atoms in total. The van der Waals surface area contributed by atoms with E-state index >= 15 is 0 Å². The molecule has 0 aliphatic heterocycles. The van der Waals surface area contributed by atoms with Crippen molar-refractivity contribution in [2.75, 3.05) is 12.3 Å². The molecule has 0 saturated heterocycles. The number of nitrogen functional groups attached to an aromatic ring is 1. The minimum Gasteiger partial charge on any atom is -0.454 e. The molecule has 4 aliphatic carbocycles. The zero-order chi connectivity index (χ0) is 16.9. The molecule has 0 atom stereocenters. The average molecular weight is 348 g/mol. The van der Waals surface area contributed by atoms with Gasteiger partial charge in [-0.1, -0.05) is 11.6 Å². The van der Waals surface area contributed by atoms with Gasteiger partial charge in [0.2, 0.25) is 0 Å². The molecule has 4 fully saturated rings. The molecule has 2 N–H and O–H groups in total. The molecule has 0 amide bonds. The lowest BCUT2D eigenvalue weighted by Crippen LogP contribution is -2.51. The van der Waals surface area contributed by atoms with Crippen LogP contribution in [0.3, 0.4) is 0 Å². The molecule has 0 unspecified atom stereocenters. The van der Waals surface area contributed by atoms with Crippen LogP contribution < -0.4 is 5.73 Å². The SMILES string of the molecule is Nc1cc(C(=O)OCC(=O)C23CC4CC(CC(C4)C2)C3)ccc1Cl. The van der Waals surface area contributed by atoms with Gasteiger partial charge in [0.15, 0.2) is 12.4 Å². The molecule has 0 spiro atoms. The van der Waals surface area contributed by atoms with Gasteiger partial charge in [0.1, 0.15) is 0 Å². The van der Waals surface area contributed by atoms with E-state index in [1.54, 1.807) is 12.1 Å². The van der Waals surface area contributed by atoms with Crippen molar-refractivity contribution < 1.29 is 14.3 Å². The summed E-state index contributed by atoms with van der Waals surface area (Å²) in [6.07, 6.45) is 6.83. The molecule has 5 heteroatoms. The molecule has 24 heavy (non-hydrogen) atoms. The van der Waals surface area contributed by atoms with Crippen molar-refractivity contribution in [3.8, 4) is 0 Å². The van der Waals surface area contributed by atoms with Gasteiger partial charge < -0.3 is 10.5 Å². The number of benzene rings is 1. The minimum atomic E-state index is -0.517. The summed E-state index contributed by atoms with van der Waals surface area (Å²) >= 11 is 5.86. The summed E-state index contributed by atoms with van der Waals surface area (Å²) in [4.78, 5) is 25.0. The first kappa shape index (κ1) is 15.9. The number of anilines is 1. The maximum Gasteiger partial charge on any atom is 0.338 e. The van der Waals surface area contributed by atoms with Crippen LogP contribution in [0.25, 0.3) is 0 Å². The first-order chi connectivity index (χ1) is 11.4. The highest BCUT2D eigenvalue weighted by molar-refractivity contribution is 6.33. The van der Waals surface area contributed by atoms with Gasteiger partial charge in [-0.05, 0) is 74.5 Å². The van der Waals surface area contributed by atoms with Crippen LogP contribution in [-0.2, 0) is 9.53 Å². The third-order valence-corrected chi connectivity index (χ3v) is 6.54. The molecule has 4 bridgehead atoms. The number of nitrogens with two attached hydrogens (primary N) is 1. The van der Waals surface area contributed by atoms with E-state index in [-0.39, 0.29) is 17.8 Å². The zero-order valence-electron chi connectivity index (χ0n) is 13.6. The second kappa shape index (κ2) is 5.76. The maximum absolute atomic E-state index is 12.8. The number of ketones is 1. The van der Waals surface area contributed by atoms with Crippen LogP contribution in [0.1, 0.15) is 48.9 Å². The third kappa shape index (κ3) is 2.71. The number of esters is 1. The molecule has 128 valence electrons. The molecule has 1 aromatic carbocycles. The Morgan fingerprint density at radius 2 is 1.71 bits per heavy atom. The normalized spacial score (nSPS) is 33.5. The van der Waals surface area contributed by atoms with E-state index < -0.39 is 5.97 Å². The van der Waals surface area contributed by atoms with Crippen LogP contribution in [0.5, 0.6) is 0 Å². The Bertz CT molecular complexity index is 665. The number of hydrogen-bond acceptors (Lipinski definition) is 4. The van der Waals surface area contributed by atoms with Crippen molar-refractivity contribution in [1.82, 2.24) is 0 Å². The Morgan fingerprint density at radius 1 is 1.12 bits per heavy atom. The molecule has 0 heterocycles. The van der Waals surface area contributed by atoms with Gasteiger partial charge in [-0.3, -0.25) is 4.79 Å². The summed E-state index contributed by atoms with van der Waals surface area (Å²) in [6.45, 7) is -0.131.